The van der Waals surface area contributed by atoms with E-state index in [1.54, 1.807) is 18.2 Å². The van der Waals surface area contributed by atoms with Crippen LogP contribution in [0.2, 0.25) is 0 Å². The molecular formula is C19H22N2O2S. The Bertz CT molecular complexity index is 719. The minimum absolute atomic E-state index is 0.0271. The first-order valence-electron chi connectivity index (χ1n) is 8.38. The maximum Gasteiger partial charge on any atom is 0.256 e. The summed E-state index contributed by atoms with van der Waals surface area (Å²) in [5, 5.41) is 9.71. The van der Waals surface area contributed by atoms with Gasteiger partial charge in [-0.1, -0.05) is 19.3 Å². The maximum atomic E-state index is 12.4. The van der Waals surface area contributed by atoms with E-state index >= 15 is 0 Å². The Morgan fingerprint density at radius 2 is 1.83 bits per heavy atom. The molecule has 1 fully saturated rings. The second kappa shape index (κ2) is 7.62. The number of anilines is 1. The molecule has 0 atom stereocenters. The van der Waals surface area contributed by atoms with E-state index < -0.39 is 0 Å². The highest BCUT2D eigenvalue weighted by atomic mass is 32.1. The quantitative estimate of drug-likeness (QED) is 0.867. The van der Waals surface area contributed by atoms with E-state index in [0.717, 1.165) is 24.1 Å². The van der Waals surface area contributed by atoms with Crippen molar-refractivity contribution in [2.75, 3.05) is 5.32 Å². The standard InChI is InChI=1S/C19H22N2O2S/c1-13-11-14(18(22)20-16-5-3-2-4-6-16)7-8-17(13)21-19(23)15-9-10-24-12-15/h7-12,16H,2-6H2,1H3,(H,20,22)(H,21,23). The van der Waals surface area contributed by atoms with Crippen molar-refractivity contribution in [2.24, 2.45) is 0 Å². The van der Waals surface area contributed by atoms with E-state index in [1.807, 2.05) is 23.8 Å². The molecule has 2 aromatic rings. The number of carbonyl (C=O) groups excluding carboxylic acids is 2. The topological polar surface area (TPSA) is 58.2 Å². The average molecular weight is 342 g/mol. The number of rotatable bonds is 4. The summed E-state index contributed by atoms with van der Waals surface area (Å²) in [6.45, 7) is 1.90. The molecule has 0 saturated heterocycles. The van der Waals surface area contributed by atoms with Gasteiger partial charge < -0.3 is 10.6 Å². The van der Waals surface area contributed by atoms with Crippen LogP contribution in [0, 0.1) is 6.92 Å². The Morgan fingerprint density at radius 1 is 1.04 bits per heavy atom. The summed E-state index contributed by atoms with van der Waals surface area (Å²) < 4.78 is 0. The fraction of sp³-hybridized carbons (Fsp3) is 0.368. The van der Waals surface area contributed by atoms with Crippen LogP contribution in [-0.4, -0.2) is 17.9 Å². The molecule has 1 saturated carbocycles. The van der Waals surface area contributed by atoms with Crippen LogP contribution in [0.3, 0.4) is 0 Å². The number of hydrogen-bond donors (Lipinski definition) is 2. The fourth-order valence-electron chi connectivity index (χ4n) is 3.05. The lowest BCUT2D eigenvalue weighted by Gasteiger charge is -2.23. The number of amides is 2. The van der Waals surface area contributed by atoms with Crippen LogP contribution in [0.1, 0.15) is 58.4 Å². The van der Waals surface area contributed by atoms with Gasteiger partial charge in [-0.2, -0.15) is 11.3 Å². The molecule has 0 bridgehead atoms. The van der Waals surface area contributed by atoms with Gasteiger partial charge in [0.05, 0.1) is 5.56 Å². The first-order chi connectivity index (χ1) is 11.6. The molecule has 0 radical (unpaired) electrons. The van der Waals surface area contributed by atoms with Gasteiger partial charge in [-0.3, -0.25) is 9.59 Å². The van der Waals surface area contributed by atoms with Crippen LogP contribution in [0.4, 0.5) is 5.69 Å². The van der Waals surface area contributed by atoms with Gasteiger partial charge in [-0.15, -0.1) is 0 Å². The highest BCUT2D eigenvalue weighted by molar-refractivity contribution is 7.08. The Hall–Kier alpha value is -2.14. The van der Waals surface area contributed by atoms with Crippen molar-refractivity contribution < 1.29 is 9.59 Å². The molecule has 0 unspecified atom stereocenters. The second-order valence-corrected chi connectivity index (χ2v) is 7.08. The summed E-state index contributed by atoms with van der Waals surface area (Å²) in [4.78, 5) is 24.5. The molecule has 1 aliphatic rings. The van der Waals surface area contributed by atoms with Crippen molar-refractivity contribution in [3.63, 3.8) is 0 Å². The summed E-state index contributed by atoms with van der Waals surface area (Å²) >= 11 is 1.49. The van der Waals surface area contributed by atoms with Gasteiger partial charge in [-0.25, -0.2) is 0 Å². The van der Waals surface area contributed by atoms with E-state index in [2.05, 4.69) is 10.6 Å². The molecule has 5 heteroatoms. The van der Waals surface area contributed by atoms with Gasteiger partial charge in [0.25, 0.3) is 11.8 Å². The van der Waals surface area contributed by atoms with Crippen molar-refractivity contribution in [1.82, 2.24) is 5.32 Å². The SMILES string of the molecule is Cc1cc(C(=O)NC2CCCCC2)ccc1NC(=O)c1ccsc1. The highest BCUT2D eigenvalue weighted by Crippen LogP contribution is 2.20. The van der Waals surface area contributed by atoms with E-state index in [4.69, 9.17) is 0 Å². The summed E-state index contributed by atoms with van der Waals surface area (Å²) in [6, 6.07) is 7.50. The molecule has 0 aliphatic heterocycles. The van der Waals surface area contributed by atoms with Crippen molar-refractivity contribution in [1.29, 1.82) is 0 Å². The van der Waals surface area contributed by atoms with E-state index in [-0.39, 0.29) is 11.8 Å². The van der Waals surface area contributed by atoms with Gasteiger partial charge in [0.15, 0.2) is 0 Å². The average Bonchev–Trinajstić information content (AvgIpc) is 3.12. The van der Waals surface area contributed by atoms with Crippen molar-refractivity contribution in [3.05, 3.63) is 51.7 Å². The summed E-state index contributed by atoms with van der Waals surface area (Å²) in [6.07, 6.45) is 5.79. The van der Waals surface area contributed by atoms with Gasteiger partial charge >= 0.3 is 0 Å². The molecule has 1 aliphatic carbocycles. The molecule has 1 heterocycles. The summed E-state index contributed by atoms with van der Waals surface area (Å²) in [5.74, 6) is -0.153. The number of benzene rings is 1. The third-order valence-electron chi connectivity index (χ3n) is 4.46. The second-order valence-electron chi connectivity index (χ2n) is 6.30. The van der Waals surface area contributed by atoms with Crippen LogP contribution in [0.25, 0.3) is 0 Å². The Morgan fingerprint density at radius 3 is 2.50 bits per heavy atom. The lowest BCUT2D eigenvalue weighted by atomic mass is 9.95. The first-order valence-corrected chi connectivity index (χ1v) is 9.33. The number of carbonyl (C=O) groups is 2. The molecule has 2 amide bonds. The normalized spacial score (nSPS) is 15.0. The summed E-state index contributed by atoms with van der Waals surface area (Å²) in [5.41, 5.74) is 2.92. The van der Waals surface area contributed by atoms with Crippen LogP contribution in [0.5, 0.6) is 0 Å². The predicted octanol–water partition coefficient (Wildman–Crippen LogP) is 4.37. The molecule has 24 heavy (non-hydrogen) atoms. The van der Waals surface area contributed by atoms with Crippen molar-refractivity contribution in [2.45, 2.75) is 45.1 Å². The monoisotopic (exact) mass is 342 g/mol. The van der Waals surface area contributed by atoms with E-state index in [9.17, 15) is 9.59 Å². The van der Waals surface area contributed by atoms with Crippen LogP contribution >= 0.6 is 11.3 Å². The van der Waals surface area contributed by atoms with Crippen LogP contribution < -0.4 is 10.6 Å². The smallest absolute Gasteiger partial charge is 0.256 e. The van der Waals surface area contributed by atoms with Gasteiger partial charge in [0, 0.05) is 22.7 Å². The Kier molecular flexibility index (Phi) is 5.30. The summed E-state index contributed by atoms with van der Waals surface area (Å²) in [7, 11) is 0. The molecule has 1 aromatic carbocycles. The molecule has 4 nitrogen and oxygen atoms in total. The lowest BCUT2D eigenvalue weighted by Crippen LogP contribution is -2.36. The van der Waals surface area contributed by atoms with E-state index in [0.29, 0.717) is 17.2 Å². The molecule has 126 valence electrons. The molecule has 1 aromatic heterocycles. The Labute approximate surface area is 146 Å². The number of nitrogens with one attached hydrogen (secondary N) is 2. The lowest BCUT2D eigenvalue weighted by molar-refractivity contribution is 0.0927. The number of hydrogen-bond acceptors (Lipinski definition) is 3. The first kappa shape index (κ1) is 16.7. The molecular weight excluding hydrogens is 320 g/mol. The molecule has 2 N–H and O–H groups in total. The maximum absolute atomic E-state index is 12.4. The minimum atomic E-state index is -0.126. The van der Waals surface area contributed by atoms with Crippen molar-refractivity contribution in [3.8, 4) is 0 Å². The third-order valence-corrected chi connectivity index (χ3v) is 5.14. The minimum Gasteiger partial charge on any atom is -0.349 e. The zero-order chi connectivity index (χ0) is 16.9. The van der Waals surface area contributed by atoms with Gasteiger partial charge in [-0.05, 0) is 55.0 Å². The third kappa shape index (κ3) is 4.03. The highest BCUT2D eigenvalue weighted by Gasteiger charge is 2.17. The molecule has 0 spiro atoms. The van der Waals surface area contributed by atoms with Gasteiger partial charge in [0.2, 0.25) is 0 Å². The van der Waals surface area contributed by atoms with E-state index in [1.165, 1.54) is 30.6 Å². The largest absolute Gasteiger partial charge is 0.349 e. The molecule has 3 rings (SSSR count). The zero-order valence-corrected chi connectivity index (χ0v) is 14.6. The number of aryl methyl sites for hydroxylation is 1. The zero-order valence-electron chi connectivity index (χ0n) is 13.8. The van der Waals surface area contributed by atoms with Crippen LogP contribution in [0.15, 0.2) is 35.0 Å². The van der Waals surface area contributed by atoms with Gasteiger partial charge in [0.1, 0.15) is 0 Å². The predicted molar refractivity (Wildman–Crippen MR) is 97.8 cm³/mol. The number of thiophene rings is 1. The Balaban J connectivity index is 1.65. The fourth-order valence-corrected chi connectivity index (χ4v) is 3.68. The van der Waals surface area contributed by atoms with Crippen LogP contribution in [-0.2, 0) is 0 Å². The van der Waals surface area contributed by atoms with Crippen molar-refractivity contribution >= 4 is 28.8 Å².